The topological polar surface area (TPSA) is 6.48 Å². The smallest absolute Gasteiger partial charge is 0.0476 e. The third-order valence-electron chi connectivity index (χ3n) is 9.56. The van der Waals surface area contributed by atoms with Crippen molar-refractivity contribution in [3.05, 3.63) is 182 Å². The first-order valence-electron chi connectivity index (χ1n) is 16.8. The third kappa shape index (κ3) is 4.92. The molecule has 0 saturated carbocycles. The number of thiophene rings is 2. The fraction of sp³-hybridized carbons (Fsp3) is 0. The molecule has 50 heavy (non-hydrogen) atoms. The van der Waals surface area contributed by atoms with Crippen LogP contribution in [-0.4, -0.2) is 0 Å². The van der Waals surface area contributed by atoms with Crippen molar-refractivity contribution in [3.8, 4) is 0 Å². The minimum atomic E-state index is 1.15. The van der Waals surface area contributed by atoms with E-state index in [0.29, 0.717) is 0 Å². The number of anilines is 6. The lowest BCUT2D eigenvalue weighted by atomic mass is 10.0. The van der Waals surface area contributed by atoms with Crippen LogP contribution in [0.2, 0.25) is 0 Å². The Hall–Kier alpha value is -5.94. The maximum absolute atomic E-state index is 2.40. The molecule has 10 rings (SSSR count). The van der Waals surface area contributed by atoms with Crippen molar-refractivity contribution in [2.75, 3.05) is 9.80 Å². The van der Waals surface area contributed by atoms with Gasteiger partial charge in [0.05, 0.1) is 0 Å². The minimum Gasteiger partial charge on any atom is -0.310 e. The first-order valence-corrected chi connectivity index (χ1v) is 18.5. The van der Waals surface area contributed by atoms with Gasteiger partial charge in [-0.05, 0) is 108 Å². The predicted octanol–water partition coefficient (Wildman–Crippen LogP) is 14.5. The third-order valence-corrected chi connectivity index (χ3v) is 11.8. The van der Waals surface area contributed by atoms with Crippen molar-refractivity contribution in [1.29, 1.82) is 0 Å². The van der Waals surface area contributed by atoms with Gasteiger partial charge in [-0.25, -0.2) is 0 Å². The van der Waals surface area contributed by atoms with Crippen LogP contribution >= 0.6 is 22.7 Å². The van der Waals surface area contributed by atoms with E-state index in [1.54, 1.807) is 0 Å². The monoisotopic (exact) mass is 674 g/mol. The zero-order valence-corrected chi connectivity index (χ0v) is 28.7. The zero-order valence-electron chi connectivity index (χ0n) is 27.0. The molecule has 0 saturated heterocycles. The number of benzene rings is 8. The molecule has 2 nitrogen and oxygen atoms in total. The highest BCUT2D eigenvalue weighted by atomic mass is 32.1. The Morgan fingerprint density at radius 3 is 0.920 bits per heavy atom. The molecule has 0 atom stereocenters. The summed E-state index contributed by atoms with van der Waals surface area (Å²) in [4.78, 5) is 4.67. The second-order valence-electron chi connectivity index (χ2n) is 12.6. The van der Waals surface area contributed by atoms with E-state index in [1.165, 1.54) is 51.1 Å². The Labute approximate surface area is 298 Å². The van der Waals surface area contributed by atoms with Crippen molar-refractivity contribution in [1.82, 2.24) is 0 Å². The summed E-state index contributed by atoms with van der Waals surface area (Å²) in [6.07, 6.45) is 0. The molecule has 0 spiro atoms. The quantitative estimate of drug-likeness (QED) is 0.173. The highest BCUT2D eigenvalue weighted by Crippen LogP contribution is 2.45. The van der Waals surface area contributed by atoms with Gasteiger partial charge in [-0.1, -0.05) is 84.9 Å². The minimum absolute atomic E-state index is 1.15. The van der Waals surface area contributed by atoms with Gasteiger partial charge in [-0.2, -0.15) is 0 Å². The molecule has 0 amide bonds. The lowest BCUT2D eigenvalue weighted by Gasteiger charge is -2.25. The fourth-order valence-electron chi connectivity index (χ4n) is 7.25. The average Bonchev–Trinajstić information content (AvgIpc) is 3.71. The van der Waals surface area contributed by atoms with Crippen LogP contribution in [0.5, 0.6) is 0 Å². The number of hydrogen-bond acceptors (Lipinski definition) is 4. The van der Waals surface area contributed by atoms with Gasteiger partial charge in [0.25, 0.3) is 0 Å². The maximum Gasteiger partial charge on any atom is 0.0476 e. The van der Waals surface area contributed by atoms with E-state index in [9.17, 15) is 0 Å². The summed E-state index contributed by atoms with van der Waals surface area (Å²) >= 11 is 3.76. The molecule has 0 aliphatic carbocycles. The van der Waals surface area contributed by atoms with Crippen LogP contribution < -0.4 is 9.80 Å². The summed E-state index contributed by atoms with van der Waals surface area (Å²) in [6, 6.07) is 65.9. The Morgan fingerprint density at radius 1 is 0.260 bits per heavy atom. The summed E-state index contributed by atoms with van der Waals surface area (Å²) in [5.41, 5.74) is 6.93. The SMILES string of the molecule is c1ccc(N(c2ccccc2)c2ccc3c(c2)sc2cc4cc5c(cc4cc23)sc2cc(N(c3ccccc3)c3ccccc3)ccc25)cc1. The summed E-state index contributed by atoms with van der Waals surface area (Å²) in [6.45, 7) is 0. The Kier molecular flexibility index (Phi) is 6.90. The number of hydrogen-bond donors (Lipinski definition) is 0. The zero-order chi connectivity index (χ0) is 33.0. The van der Waals surface area contributed by atoms with Crippen LogP contribution in [0.25, 0.3) is 51.1 Å². The lowest BCUT2D eigenvalue weighted by Crippen LogP contribution is -2.09. The highest BCUT2D eigenvalue weighted by Gasteiger charge is 2.17. The predicted molar refractivity (Wildman–Crippen MR) is 219 cm³/mol. The van der Waals surface area contributed by atoms with Crippen LogP contribution in [0.3, 0.4) is 0 Å². The van der Waals surface area contributed by atoms with E-state index in [1.807, 2.05) is 22.7 Å². The largest absolute Gasteiger partial charge is 0.310 e. The molecular formula is C46H30N2S2. The average molecular weight is 675 g/mol. The van der Waals surface area contributed by atoms with Crippen LogP contribution in [-0.2, 0) is 0 Å². The van der Waals surface area contributed by atoms with E-state index in [2.05, 4.69) is 192 Å². The highest BCUT2D eigenvalue weighted by molar-refractivity contribution is 7.26. The summed E-state index contributed by atoms with van der Waals surface area (Å²) in [5.74, 6) is 0. The van der Waals surface area contributed by atoms with E-state index in [0.717, 1.165) is 34.1 Å². The van der Waals surface area contributed by atoms with Gasteiger partial charge < -0.3 is 9.80 Å². The van der Waals surface area contributed by atoms with Crippen LogP contribution in [0.15, 0.2) is 182 Å². The van der Waals surface area contributed by atoms with E-state index < -0.39 is 0 Å². The molecule has 0 radical (unpaired) electrons. The molecule has 0 bridgehead atoms. The molecule has 0 unspecified atom stereocenters. The van der Waals surface area contributed by atoms with Gasteiger partial charge in [0.2, 0.25) is 0 Å². The van der Waals surface area contributed by atoms with Gasteiger partial charge in [0.15, 0.2) is 0 Å². The molecule has 4 heteroatoms. The maximum atomic E-state index is 2.40. The Bertz CT molecular complexity index is 2530. The Balaban J connectivity index is 1.08. The van der Waals surface area contributed by atoms with E-state index in [-0.39, 0.29) is 0 Å². The van der Waals surface area contributed by atoms with Crippen molar-refractivity contribution in [3.63, 3.8) is 0 Å². The van der Waals surface area contributed by atoms with E-state index in [4.69, 9.17) is 0 Å². The molecule has 8 aromatic carbocycles. The molecule has 0 aliphatic heterocycles. The molecule has 2 aromatic heterocycles. The van der Waals surface area contributed by atoms with Crippen molar-refractivity contribution in [2.45, 2.75) is 0 Å². The van der Waals surface area contributed by atoms with E-state index >= 15 is 0 Å². The summed E-state index contributed by atoms with van der Waals surface area (Å²) in [5, 5.41) is 7.81. The van der Waals surface area contributed by atoms with Gasteiger partial charge in [-0.15, -0.1) is 22.7 Å². The van der Waals surface area contributed by atoms with Crippen molar-refractivity contribution < 1.29 is 0 Å². The van der Waals surface area contributed by atoms with Crippen molar-refractivity contribution >= 4 is 108 Å². The van der Waals surface area contributed by atoms with Gasteiger partial charge in [0.1, 0.15) is 0 Å². The second kappa shape index (κ2) is 11.9. The second-order valence-corrected chi connectivity index (χ2v) is 14.8. The molecule has 2 heterocycles. The molecular weight excluding hydrogens is 645 g/mol. The molecule has 236 valence electrons. The van der Waals surface area contributed by atoms with Gasteiger partial charge >= 0.3 is 0 Å². The molecule has 0 fully saturated rings. The number of nitrogens with zero attached hydrogens (tertiary/aromatic N) is 2. The van der Waals surface area contributed by atoms with Crippen LogP contribution in [0, 0.1) is 0 Å². The molecule has 0 aliphatic rings. The first kappa shape index (κ1) is 29.0. The number of fused-ring (bicyclic) bond motifs is 7. The first-order chi connectivity index (χ1) is 24.8. The number of rotatable bonds is 6. The number of para-hydroxylation sites is 4. The van der Waals surface area contributed by atoms with Crippen molar-refractivity contribution in [2.24, 2.45) is 0 Å². The normalized spacial score (nSPS) is 11.6. The fourth-order valence-corrected chi connectivity index (χ4v) is 9.59. The van der Waals surface area contributed by atoms with Crippen LogP contribution in [0.4, 0.5) is 34.1 Å². The lowest BCUT2D eigenvalue weighted by molar-refractivity contribution is 1.29. The molecule has 10 aromatic rings. The summed E-state index contributed by atoms with van der Waals surface area (Å²) < 4.78 is 5.23. The van der Waals surface area contributed by atoms with Gasteiger partial charge in [0, 0.05) is 74.5 Å². The summed E-state index contributed by atoms with van der Waals surface area (Å²) in [7, 11) is 0. The van der Waals surface area contributed by atoms with Crippen LogP contribution in [0.1, 0.15) is 0 Å². The standard InChI is InChI=1S/C46H30N2S2/c1-5-13-33(14-6-1)47(34-15-7-2-8-16-34)37-21-23-39-41-25-31-28-44-42(26-32(31)27-43(41)49-45(39)29-37)40-24-22-38(30-46(40)50-44)48(35-17-9-3-10-18-35)36-19-11-4-12-20-36/h1-30H. The molecule has 0 N–H and O–H groups in total. The van der Waals surface area contributed by atoms with Gasteiger partial charge in [-0.3, -0.25) is 0 Å². The Morgan fingerprint density at radius 2 is 0.580 bits per heavy atom.